The van der Waals surface area contributed by atoms with Gasteiger partial charge in [0.2, 0.25) is 10.0 Å². The van der Waals surface area contributed by atoms with Crippen LogP contribution in [0.3, 0.4) is 0 Å². The second-order valence-electron chi connectivity index (χ2n) is 3.27. The van der Waals surface area contributed by atoms with Crippen LogP contribution in [-0.4, -0.2) is 19.9 Å². The van der Waals surface area contributed by atoms with Crippen molar-refractivity contribution < 1.29 is 8.42 Å². The summed E-state index contributed by atoms with van der Waals surface area (Å²) in [7, 11) is -3.53. The maximum atomic E-state index is 11.8. The summed E-state index contributed by atoms with van der Waals surface area (Å²) in [5.41, 5.74) is 2.67. The highest BCUT2D eigenvalue weighted by Gasteiger charge is 2.17. The molecule has 1 aromatic heterocycles. The van der Waals surface area contributed by atoms with Gasteiger partial charge in [0.15, 0.2) is 0 Å². The second-order valence-corrected chi connectivity index (χ2v) is 5.00. The van der Waals surface area contributed by atoms with Crippen LogP contribution in [0.2, 0.25) is 0 Å². The van der Waals surface area contributed by atoms with E-state index in [1.54, 1.807) is 0 Å². The Balaban J connectivity index is 2.89. The van der Waals surface area contributed by atoms with Crippen molar-refractivity contribution in [3.8, 4) is 0 Å². The van der Waals surface area contributed by atoms with Gasteiger partial charge in [0.25, 0.3) is 0 Å². The van der Waals surface area contributed by atoms with Crippen LogP contribution >= 0.6 is 0 Å². The van der Waals surface area contributed by atoms with Crippen LogP contribution in [0.15, 0.2) is 23.4 Å². The minimum Gasteiger partial charge on any atom is -0.323 e. The van der Waals surface area contributed by atoms with Crippen LogP contribution < -0.4 is 16.0 Å². The molecule has 0 saturated carbocycles. The summed E-state index contributed by atoms with van der Waals surface area (Å²) in [5, 5.41) is 0. The normalized spacial score (nSPS) is 11.4. The highest BCUT2D eigenvalue weighted by atomic mass is 32.2. The number of nitrogen functional groups attached to an aromatic ring is 1. The SMILES string of the molecule is CCCCNS(=O)(=O)c1cnccc1NN. The molecular weight excluding hydrogens is 228 g/mol. The third-order valence-corrected chi connectivity index (χ3v) is 3.54. The summed E-state index contributed by atoms with van der Waals surface area (Å²) in [6, 6.07) is 1.51. The first-order valence-electron chi connectivity index (χ1n) is 5.02. The Labute approximate surface area is 95.3 Å². The second kappa shape index (κ2) is 5.78. The van der Waals surface area contributed by atoms with Gasteiger partial charge in [0.05, 0.1) is 5.69 Å². The number of aromatic nitrogens is 1. The summed E-state index contributed by atoms with van der Waals surface area (Å²) in [6.07, 6.45) is 4.46. The highest BCUT2D eigenvalue weighted by Crippen LogP contribution is 2.17. The van der Waals surface area contributed by atoms with Gasteiger partial charge in [-0.1, -0.05) is 13.3 Å². The molecule has 90 valence electrons. The minimum absolute atomic E-state index is 0.0635. The number of nitrogens with two attached hydrogens (primary N) is 1. The van der Waals surface area contributed by atoms with Gasteiger partial charge in [-0.05, 0) is 12.5 Å². The summed E-state index contributed by atoms with van der Waals surface area (Å²) in [5.74, 6) is 5.23. The Morgan fingerprint density at radius 1 is 1.50 bits per heavy atom. The predicted octanol–water partition coefficient (Wildman–Crippen LogP) is 0.446. The van der Waals surface area contributed by atoms with Crippen LogP contribution in [0.1, 0.15) is 19.8 Å². The standard InChI is InChI=1S/C9H16N4O2S/c1-2-3-5-12-16(14,15)9-7-11-6-4-8(9)13-10/h4,6-7,12H,2-3,5,10H2,1H3,(H,11,13). The monoisotopic (exact) mass is 244 g/mol. The molecule has 0 fully saturated rings. The fraction of sp³-hybridized carbons (Fsp3) is 0.444. The molecule has 0 spiro atoms. The molecule has 4 N–H and O–H groups in total. The smallest absolute Gasteiger partial charge is 0.244 e. The number of pyridine rings is 1. The molecule has 0 aliphatic carbocycles. The van der Waals surface area contributed by atoms with E-state index in [0.29, 0.717) is 12.2 Å². The quantitative estimate of drug-likeness (QED) is 0.383. The molecule has 16 heavy (non-hydrogen) atoms. The molecule has 0 aliphatic heterocycles. The summed E-state index contributed by atoms with van der Waals surface area (Å²) >= 11 is 0. The predicted molar refractivity (Wildman–Crippen MR) is 62.1 cm³/mol. The molecule has 0 radical (unpaired) electrons. The fourth-order valence-electron chi connectivity index (χ4n) is 1.17. The van der Waals surface area contributed by atoms with E-state index in [1.807, 2.05) is 6.92 Å². The molecule has 1 heterocycles. The van der Waals surface area contributed by atoms with Crippen molar-refractivity contribution in [2.24, 2.45) is 5.84 Å². The van der Waals surface area contributed by atoms with E-state index in [-0.39, 0.29) is 4.90 Å². The van der Waals surface area contributed by atoms with E-state index < -0.39 is 10.0 Å². The summed E-state index contributed by atoms with van der Waals surface area (Å²) in [6.45, 7) is 2.41. The van der Waals surface area contributed by atoms with Crippen molar-refractivity contribution in [1.82, 2.24) is 9.71 Å². The van der Waals surface area contributed by atoms with E-state index in [9.17, 15) is 8.42 Å². The molecular formula is C9H16N4O2S. The molecule has 0 aromatic carbocycles. The largest absolute Gasteiger partial charge is 0.323 e. The number of hydrazine groups is 1. The van der Waals surface area contributed by atoms with E-state index in [1.165, 1.54) is 18.5 Å². The number of rotatable bonds is 6. The van der Waals surface area contributed by atoms with E-state index in [2.05, 4.69) is 15.1 Å². The van der Waals surface area contributed by atoms with Gasteiger partial charge in [-0.25, -0.2) is 13.1 Å². The number of hydrogen-bond donors (Lipinski definition) is 3. The lowest BCUT2D eigenvalue weighted by molar-refractivity contribution is 0.578. The van der Waals surface area contributed by atoms with Gasteiger partial charge in [-0.15, -0.1) is 0 Å². The molecule has 0 unspecified atom stereocenters. The topological polar surface area (TPSA) is 97.1 Å². The van der Waals surface area contributed by atoms with Gasteiger partial charge in [-0.3, -0.25) is 10.8 Å². The summed E-state index contributed by atoms with van der Waals surface area (Å²) < 4.78 is 26.2. The molecule has 1 aromatic rings. The zero-order chi connectivity index (χ0) is 12.0. The van der Waals surface area contributed by atoms with Crippen molar-refractivity contribution in [2.75, 3.05) is 12.0 Å². The molecule has 7 heteroatoms. The first-order chi connectivity index (χ1) is 7.61. The number of sulfonamides is 1. The van der Waals surface area contributed by atoms with Crippen molar-refractivity contribution in [2.45, 2.75) is 24.7 Å². The Kier molecular flexibility index (Phi) is 4.66. The molecule has 1 rings (SSSR count). The van der Waals surface area contributed by atoms with Gasteiger partial charge in [-0.2, -0.15) is 0 Å². The Morgan fingerprint density at radius 3 is 2.88 bits per heavy atom. The maximum Gasteiger partial charge on any atom is 0.244 e. The Bertz CT molecular complexity index is 433. The van der Waals surface area contributed by atoms with Crippen molar-refractivity contribution in [3.05, 3.63) is 18.5 Å². The first-order valence-corrected chi connectivity index (χ1v) is 6.50. The summed E-state index contributed by atoms with van der Waals surface area (Å²) in [4.78, 5) is 3.84. The third-order valence-electron chi connectivity index (χ3n) is 2.05. The highest BCUT2D eigenvalue weighted by molar-refractivity contribution is 7.89. The Morgan fingerprint density at radius 2 is 2.25 bits per heavy atom. The maximum absolute atomic E-state index is 11.8. The van der Waals surface area contributed by atoms with Crippen molar-refractivity contribution in [3.63, 3.8) is 0 Å². The number of anilines is 1. The van der Waals surface area contributed by atoms with Gasteiger partial charge < -0.3 is 5.43 Å². The van der Waals surface area contributed by atoms with Crippen LogP contribution in [0.5, 0.6) is 0 Å². The first kappa shape index (κ1) is 12.9. The van der Waals surface area contributed by atoms with E-state index in [4.69, 9.17) is 5.84 Å². The molecule has 6 nitrogen and oxygen atoms in total. The molecule has 0 atom stereocenters. The van der Waals surface area contributed by atoms with Crippen molar-refractivity contribution >= 4 is 15.7 Å². The molecule has 0 aliphatic rings. The van der Waals surface area contributed by atoms with Crippen LogP contribution in [0, 0.1) is 0 Å². The fourth-order valence-corrected chi connectivity index (χ4v) is 2.36. The number of hydrogen-bond acceptors (Lipinski definition) is 5. The zero-order valence-electron chi connectivity index (χ0n) is 9.10. The lowest BCUT2D eigenvalue weighted by Gasteiger charge is -2.09. The lowest BCUT2D eigenvalue weighted by atomic mass is 10.3. The van der Waals surface area contributed by atoms with Gasteiger partial charge >= 0.3 is 0 Å². The van der Waals surface area contributed by atoms with Gasteiger partial charge in [0.1, 0.15) is 4.90 Å². The average molecular weight is 244 g/mol. The molecule has 0 amide bonds. The Hall–Kier alpha value is -1.18. The van der Waals surface area contributed by atoms with E-state index in [0.717, 1.165) is 12.8 Å². The van der Waals surface area contributed by atoms with Gasteiger partial charge in [0, 0.05) is 18.9 Å². The van der Waals surface area contributed by atoms with E-state index >= 15 is 0 Å². The van der Waals surface area contributed by atoms with Crippen LogP contribution in [0.4, 0.5) is 5.69 Å². The average Bonchev–Trinajstić information content (AvgIpc) is 2.29. The van der Waals surface area contributed by atoms with Crippen molar-refractivity contribution in [1.29, 1.82) is 0 Å². The third kappa shape index (κ3) is 3.16. The number of nitrogens with zero attached hydrogens (tertiary/aromatic N) is 1. The lowest BCUT2D eigenvalue weighted by Crippen LogP contribution is -2.26. The zero-order valence-corrected chi connectivity index (χ0v) is 9.92. The number of nitrogens with one attached hydrogen (secondary N) is 2. The number of unbranched alkanes of at least 4 members (excludes halogenated alkanes) is 1. The van der Waals surface area contributed by atoms with Crippen LogP contribution in [-0.2, 0) is 10.0 Å². The molecule has 0 saturated heterocycles. The molecule has 0 bridgehead atoms. The minimum atomic E-state index is -3.53. The van der Waals surface area contributed by atoms with Crippen LogP contribution in [0.25, 0.3) is 0 Å².